The number of aromatic amines is 1. The van der Waals surface area contributed by atoms with Crippen molar-refractivity contribution >= 4 is 44.8 Å². The number of benzene rings is 2. The number of anilines is 1. The molecular formula is C22H22ClN3O4S2. The Morgan fingerprint density at radius 2 is 1.94 bits per heavy atom. The molecule has 32 heavy (non-hydrogen) atoms. The van der Waals surface area contributed by atoms with Crippen LogP contribution in [-0.2, 0) is 14.6 Å². The summed E-state index contributed by atoms with van der Waals surface area (Å²) in [4.78, 5) is 32.7. The summed E-state index contributed by atoms with van der Waals surface area (Å²) in [6.07, 6.45) is 1.01. The van der Waals surface area contributed by atoms with Gasteiger partial charge in [-0.05, 0) is 56.2 Å². The number of amides is 1. The van der Waals surface area contributed by atoms with Gasteiger partial charge in [0.2, 0.25) is 15.7 Å². The zero-order valence-corrected chi connectivity index (χ0v) is 20.1. The van der Waals surface area contributed by atoms with Crippen LogP contribution in [0.4, 0.5) is 5.69 Å². The number of sulfone groups is 1. The molecular weight excluding hydrogens is 470 g/mol. The summed E-state index contributed by atoms with van der Waals surface area (Å²) < 4.78 is 25.6. The van der Waals surface area contributed by atoms with E-state index in [1.807, 2.05) is 38.1 Å². The van der Waals surface area contributed by atoms with Crippen molar-refractivity contribution in [1.29, 1.82) is 0 Å². The van der Waals surface area contributed by atoms with Gasteiger partial charge in [0.15, 0.2) is 10.1 Å². The fourth-order valence-corrected chi connectivity index (χ4v) is 5.22. The first-order valence-corrected chi connectivity index (χ1v) is 12.6. The van der Waals surface area contributed by atoms with Crippen molar-refractivity contribution in [1.82, 2.24) is 9.97 Å². The van der Waals surface area contributed by atoms with E-state index in [1.54, 1.807) is 17.9 Å². The van der Waals surface area contributed by atoms with Crippen LogP contribution in [0.1, 0.15) is 18.1 Å². The number of nitrogens with one attached hydrogen (secondary N) is 1. The predicted molar refractivity (Wildman–Crippen MR) is 126 cm³/mol. The van der Waals surface area contributed by atoms with Gasteiger partial charge in [-0.25, -0.2) is 13.4 Å². The van der Waals surface area contributed by atoms with Gasteiger partial charge < -0.3 is 9.88 Å². The van der Waals surface area contributed by atoms with Crippen LogP contribution in [0.25, 0.3) is 0 Å². The van der Waals surface area contributed by atoms with Gasteiger partial charge in [-0.3, -0.25) is 9.59 Å². The molecule has 1 aromatic heterocycles. The number of thioether (sulfide) groups is 1. The van der Waals surface area contributed by atoms with E-state index in [1.165, 1.54) is 12.1 Å². The SMILES string of the molecule is CCN(C(=O)CSc1ncc(S(=O)(=O)c2ccc(C)c(Cl)c2)c(=O)[nH]1)c1cccc(C)c1. The lowest BCUT2D eigenvalue weighted by Gasteiger charge is -2.21. The molecule has 0 saturated heterocycles. The second-order valence-electron chi connectivity index (χ2n) is 7.06. The summed E-state index contributed by atoms with van der Waals surface area (Å²) in [5.41, 5.74) is 1.75. The highest BCUT2D eigenvalue weighted by molar-refractivity contribution is 7.99. The van der Waals surface area contributed by atoms with E-state index in [2.05, 4.69) is 9.97 Å². The molecule has 1 heterocycles. The number of aromatic nitrogens is 2. The molecule has 0 unspecified atom stereocenters. The molecule has 1 N–H and O–H groups in total. The predicted octanol–water partition coefficient (Wildman–Crippen LogP) is 4.02. The van der Waals surface area contributed by atoms with Gasteiger partial charge in [0, 0.05) is 17.3 Å². The van der Waals surface area contributed by atoms with Crippen molar-refractivity contribution in [3.05, 3.63) is 75.2 Å². The van der Waals surface area contributed by atoms with Gasteiger partial charge in [0.25, 0.3) is 5.56 Å². The lowest BCUT2D eigenvalue weighted by atomic mass is 10.2. The molecule has 2 aromatic carbocycles. The summed E-state index contributed by atoms with van der Waals surface area (Å²) in [7, 11) is -4.09. The lowest BCUT2D eigenvalue weighted by molar-refractivity contribution is -0.116. The van der Waals surface area contributed by atoms with Gasteiger partial charge in [0.05, 0.1) is 16.8 Å². The maximum Gasteiger partial charge on any atom is 0.270 e. The number of nitrogens with zero attached hydrogens (tertiary/aromatic N) is 2. The second kappa shape index (κ2) is 9.89. The zero-order chi connectivity index (χ0) is 23.5. The Morgan fingerprint density at radius 3 is 2.56 bits per heavy atom. The molecule has 10 heteroatoms. The summed E-state index contributed by atoms with van der Waals surface area (Å²) in [5.74, 6) is -0.124. The molecule has 0 fully saturated rings. The van der Waals surface area contributed by atoms with Crippen LogP contribution in [0.5, 0.6) is 0 Å². The van der Waals surface area contributed by atoms with E-state index in [-0.39, 0.29) is 26.7 Å². The Morgan fingerprint density at radius 1 is 1.19 bits per heavy atom. The monoisotopic (exact) mass is 491 g/mol. The zero-order valence-electron chi connectivity index (χ0n) is 17.8. The van der Waals surface area contributed by atoms with Crippen molar-refractivity contribution < 1.29 is 13.2 Å². The Hall–Kier alpha value is -2.62. The summed E-state index contributed by atoms with van der Waals surface area (Å²) in [6, 6.07) is 11.9. The quantitative estimate of drug-likeness (QED) is 0.396. The number of H-pyrrole nitrogens is 1. The van der Waals surface area contributed by atoms with E-state index in [4.69, 9.17) is 11.6 Å². The fourth-order valence-electron chi connectivity index (χ4n) is 3.01. The van der Waals surface area contributed by atoms with Crippen LogP contribution in [0.2, 0.25) is 5.02 Å². The molecule has 0 aliphatic carbocycles. The van der Waals surface area contributed by atoms with E-state index < -0.39 is 20.3 Å². The maximum absolute atomic E-state index is 12.8. The van der Waals surface area contributed by atoms with Crippen LogP contribution in [0, 0.1) is 13.8 Å². The highest BCUT2D eigenvalue weighted by atomic mass is 35.5. The number of halogens is 1. The summed E-state index contributed by atoms with van der Waals surface area (Å²) in [5, 5.41) is 0.444. The smallest absolute Gasteiger partial charge is 0.270 e. The Bertz CT molecular complexity index is 1320. The van der Waals surface area contributed by atoms with Gasteiger partial charge in [-0.15, -0.1) is 0 Å². The lowest BCUT2D eigenvalue weighted by Crippen LogP contribution is -2.32. The topological polar surface area (TPSA) is 100 Å². The molecule has 3 aromatic rings. The number of hydrogen-bond acceptors (Lipinski definition) is 6. The molecule has 0 aliphatic rings. The van der Waals surface area contributed by atoms with E-state index >= 15 is 0 Å². The van der Waals surface area contributed by atoms with Crippen molar-refractivity contribution in [3.8, 4) is 0 Å². The molecule has 0 aliphatic heterocycles. The van der Waals surface area contributed by atoms with Gasteiger partial charge in [-0.2, -0.15) is 0 Å². The molecule has 168 valence electrons. The number of aryl methyl sites for hydroxylation is 2. The van der Waals surface area contributed by atoms with E-state index in [0.29, 0.717) is 6.54 Å². The molecule has 3 rings (SSSR count). The largest absolute Gasteiger partial charge is 0.312 e. The number of rotatable bonds is 7. The number of carbonyl (C=O) groups is 1. The minimum absolute atomic E-state index is 0.0321. The third-order valence-electron chi connectivity index (χ3n) is 4.75. The van der Waals surface area contributed by atoms with Crippen molar-refractivity contribution in [2.24, 2.45) is 0 Å². The molecule has 1 amide bonds. The normalized spacial score (nSPS) is 11.4. The van der Waals surface area contributed by atoms with Gasteiger partial charge in [0.1, 0.15) is 0 Å². The second-order valence-corrected chi connectivity index (χ2v) is 10.4. The molecule has 0 bridgehead atoms. The van der Waals surface area contributed by atoms with Crippen LogP contribution in [0.15, 0.2) is 68.4 Å². The average molecular weight is 492 g/mol. The minimum Gasteiger partial charge on any atom is -0.312 e. The first-order chi connectivity index (χ1) is 15.1. The van der Waals surface area contributed by atoms with Gasteiger partial charge >= 0.3 is 0 Å². The third kappa shape index (κ3) is 5.23. The summed E-state index contributed by atoms with van der Waals surface area (Å²) in [6.45, 7) is 6.06. The first kappa shape index (κ1) is 24.0. The van der Waals surface area contributed by atoms with Crippen molar-refractivity contribution in [3.63, 3.8) is 0 Å². The Balaban J connectivity index is 1.77. The minimum atomic E-state index is -4.09. The van der Waals surface area contributed by atoms with E-state index in [9.17, 15) is 18.0 Å². The van der Waals surface area contributed by atoms with Gasteiger partial charge in [-0.1, -0.05) is 41.6 Å². The van der Waals surface area contributed by atoms with E-state index in [0.717, 1.165) is 34.8 Å². The maximum atomic E-state index is 12.8. The van der Waals surface area contributed by atoms with Crippen molar-refractivity contribution in [2.75, 3.05) is 17.2 Å². The van der Waals surface area contributed by atoms with Crippen molar-refractivity contribution in [2.45, 2.75) is 35.7 Å². The van der Waals surface area contributed by atoms with Crippen LogP contribution in [0.3, 0.4) is 0 Å². The Labute approximate surface area is 195 Å². The first-order valence-electron chi connectivity index (χ1n) is 9.74. The fraction of sp³-hybridized carbons (Fsp3) is 0.227. The van der Waals surface area contributed by atoms with Crippen LogP contribution >= 0.6 is 23.4 Å². The molecule has 0 radical (unpaired) electrons. The molecule has 0 saturated carbocycles. The average Bonchev–Trinajstić information content (AvgIpc) is 2.74. The molecule has 7 nitrogen and oxygen atoms in total. The third-order valence-corrected chi connectivity index (χ3v) is 7.77. The molecule has 0 spiro atoms. The highest BCUT2D eigenvalue weighted by Crippen LogP contribution is 2.24. The standard InChI is InChI=1S/C22H22ClN3O4S2/c1-4-26(16-7-5-6-14(2)10-16)20(27)13-31-22-24-12-19(21(28)25-22)32(29,30)17-9-8-15(3)18(23)11-17/h5-12H,4,13H2,1-3H3,(H,24,25,28). The summed E-state index contributed by atoms with van der Waals surface area (Å²) >= 11 is 7.06. The van der Waals surface area contributed by atoms with Crippen LogP contribution in [-0.4, -0.2) is 36.6 Å². The number of carbonyl (C=O) groups excluding carboxylic acids is 1. The number of hydrogen-bond donors (Lipinski definition) is 1. The molecule has 0 atom stereocenters. The Kier molecular flexibility index (Phi) is 7.43. The highest BCUT2D eigenvalue weighted by Gasteiger charge is 2.23. The van der Waals surface area contributed by atoms with Crippen LogP contribution < -0.4 is 10.5 Å².